The minimum Gasteiger partial charge on any atom is -0.495 e. The van der Waals surface area contributed by atoms with Gasteiger partial charge in [-0.05, 0) is 68.9 Å². The SMILES string of the molecule is C=CC1C[C@@]1(C=O)NC(=O)C1C[C@@H](Oc2cc(-c3nnc(NC(C)C)s3)nc3c(Cl)c(OC)ccc23)CN1C(=O)C(NC(=O)OC1C[C@@H]2C[C@@H]2C1)C(C)(C)C. The fourth-order valence-corrected chi connectivity index (χ4v) is 8.99. The van der Waals surface area contributed by atoms with Crippen LogP contribution in [-0.2, 0) is 19.1 Å². The van der Waals surface area contributed by atoms with E-state index < -0.39 is 47.0 Å². The predicted octanol–water partition coefficient (Wildman–Crippen LogP) is 5.78. The number of aldehydes is 1. The van der Waals surface area contributed by atoms with Gasteiger partial charge < -0.3 is 39.9 Å². The molecule has 3 heterocycles. The number of carbonyl (C=O) groups is 4. The Morgan fingerprint density at radius 2 is 1.84 bits per heavy atom. The number of anilines is 1. The zero-order valence-electron chi connectivity index (χ0n) is 31.9. The van der Waals surface area contributed by atoms with Gasteiger partial charge in [-0.15, -0.1) is 16.8 Å². The Bertz CT molecular complexity index is 2010. The number of rotatable bonds is 13. The van der Waals surface area contributed by atoms with Gasteiger partial charge in [0.1, 0.15) is 58.3 Å². The van der Waals surface area contributed by atoms with Gasteiger partial charge in [0.05, 0.1) is 19.2 Å². The van der Waals surface area contributed by atoms with Crippen LogP contribution in [0, 0.1) is 23.2 Å². The van der Waals surface area contributed by atoms with Gasteiger partial charge in [-0.3, -0.25) is 9.59 Å². The quantitative estimate of drug-likeness (QED) is 0.141. The van der Waals surface area contributed by atoms with Gasteiger partial charge in [0.25, 0.3) is 0 Å². The molecule has 2 aromatic heterocycles. The number of fused-ring (bicyclic) bond motifs is 2. The first-order valence-electron chi connectivity index (χ1n) is 18.8. The van der Waals surface area contributed by atoms with Crippen LogP contribution in [0.15, 0.2) is 30.9 Å². The highest BCUT2D eigenvalue weighted by atomic mass is 35.5. The Kier molecular flexibility index (Phi) is 10.5. The molecule has 4 unspecified atom stereocenters. The number of halogens is 1. The summed E-state index contributed by atoms with van der Waals surface area (Å²) < 4.78 is 18.0. The minimum absolute atomic E-state index is 0.00941. The van der Waals surface area contributed by atoms with Gasteiger partial charge in [0.2, 0.25) is 16.9 Å². The van der Waals surface area contributed by atoms with Crippen molar-refractivity contribution < 1.29 is 33.4 Å². The van der Waals surface area contributed by atoms with E-state index in [0.717, 1.165) is 19.1 Å². The molecule has 4 aliphatic rings. The van der Waals surface area contributed by atoms with E-state index in [1.54, 1.807) is 24.3 Å². The molecule has 1 aromatic carbocycles. The molecule has 16 heteroatoms. The van der Waals surface area contributed by atoms with Crippen molar-refractivity contribution in [3.05, 3.63) is 35.9 Å². The van der Waals surface area contributed by atoms with Gasteiger partial charge in [0, 0.05) is 29.8 Å². The number of amides is 3. The zero-order valence-corrected chi connectivity index (χ0v) is 33.5. The van der Waals surface area contributed by atoms with Crippen LogP contribution in [-0.4, -0.2) is 93.8 Å². The molecule has 8 atom stereocenters. The van der Waals surface area contributed by atoms with Crippen molar-refractivity contribution in [2.24, 2.45) is 23.2 Å². The van der Waals surface area contributed by atoms with Crippen LogP contribution in [0.2, 0.25) is 5.02 Å². The third kappa shape index (κ3) is 7.95. The second-order valence-corrected chi connectivity index (χ2v) is 17.9. The van der Waals surface area contributed by atoms with Crippen LogP contribution in [0.25, 0.3) is 21.6 Å². The predicted molar refractivity (Wildman–Crippen MR) is 208 cm³/mol. The first-order valence-corrected chi connectivity index (χ1v) is 19.9. The maximum atomic E-state index is 14.6. The molecule has 0 bridgehead atoms. The summed E-state index contributed by atoms with van der Waals surface area (Å²) in [7, 11) is 1.52. The highest BCUT2D eigenvalue weighted by Gasteiger charge is 2.56. The molecule has 3 aromatic rings. The lowest BCUT2D eigenvalue weighted by atomic mass is 9.85. The van der Waals surface area contributed by atoms with E-state index in [1.165, 1.54) is 29.8 Å². The molecule has 3 N–H and O–H groups in total. The lowest BCUT2D eigenvalue weighted by Gasteiger charge is -2.35. The lowest BCUT2D eigenvalue weighted by molar-refractivity contribution is -0.142. The number of hydrogen-bond donors (Lipinski definition) is 3. The van der Waals surface area contributed by atoms with Gasteiger partial charge in [-0.25, -0.2) is 9.78 Å². The van der Waals surface area contributed by atoms with Crippen molar-refractivity contribution in [1.82, 2.24) is 30.7 Å². The number of carbonyl (C=O) groups excluding carboxylic acids is 4. The standard InChI is InChI=1S/C39H48ClN7O7S/c1-8-22-16-39(22,18-48)44-33(49)27-14-24(17-47(27)35(50)32(38(4,5)6)43-37(51)54-23-12-20-11-21(20)13-23)53-29-15-26(34-45-46-36(55-34)41-19(2)3)42-31-25(29)9-10-28(52-7)30(31)40/h8-10,15,18-24,27,32H,1,11-14,16-17H2,2-7H3,(H,41,46)(H,43,51)(H,44,49)/t20-,21+,22?,23?,24-,27?,32?,39+/m1/s1. The smallest absolute Gasteiger partial charge is 0.408 e. The number of likely N-dealkylation sites (tertiary alicyclic amines) is 1. The first kappa shape index (κ1) is 38.8. The summed E-state index contributed by atoms with van der Waals surface area (Å²) in [6, 6.07) is 3.34. The molecule has 294 valence electrons. The van der Waals surface area contributed by atoms with Crippen molar-refractivity contribution in [3.63, 3.8) is 0 Å². The van der Waals surface area contributed by atoms with Crippen molar-refractivity contribution in [1.29, 1.82) is 0 Å². The monoisotopic (exact) mass is 793 g/mol. The average Bonchev–Trinajstić information content (AvgIpc) is 3.78. The van der Waals surface area contributed by atoms with Crippen molar-refractivity contribution in [2.45, 2.75) is 103 Å². The summed E-state index contributed by atoms with van der Waals surface area (Å²) >= 11 is 8.13. The Morgan fingerprint density at radius 3 is 2.47 bits per heavy atom. The maximum Gasteiger partial charge on any atom is 0.408 e. The number of aromatic nitrogens is 3. The topological polar surface area (TPSA) is 174 Å². The van der Waals surface area contributed by atoms with E-state index >= 15 is 0 Å². The molecule has 7 rings (SSSR count). The first-order chi connectivity index (χ1) is 26.1. The highest BCUT2D eigenvalue weighted by molar-refractivity contribution is 7.18. The summed E-state index contributed by atoms with van der Waals surface area (Å²) in [6.45, 7) is 13.3. The van der Waals surface area contributed by atoms with Crippen LogP contribution in [0.4, 0.5) is 9.93 Å². The van der Waals surface area contributed by atoms with Crippen molar-refractivity contribution >= 4 is 63.2 Å². The fourth-order valence-electron chi connectivity index (χ4n) is 7.85. The van der Waals surface area contributed by atoms with Crippen LogP contribution in [0.3, 0.4) is 0 Å². The number of hydrogen-bond acceptors (Lipinski definition) is 12. The number of pyridine rings is 1. The maximum absolute atomic E-state index is 14.6. The van der Waals surface area contributed by atoms with Crippen LogP contribution in [0.1, 0.15) is 66.7 Å². The summed E-state index contributed by atoms with van der Waals surface area (Å²) in [5.74, 6) is 0.876. The summed E-state index contributed by atoms with van der Waals surface area (Å²) in [5.41, 5.74) is -0.968. The normalized spacial score (nSPS) is 27.2. The highest BCUT2D eigenvalue weighted by Crippen LogP contribution is 2.52. The number of nitrogens with zero attached hydrogens (tertiary/aromatic N) is 4. The van der Waals surface area contributed by atoms with Gasteiger partial charge in [-0.1, -0.05) is 49.8 Å². The van der Waals surface area contributed by atoms with E-state index in [2.05, 4.69) is 32.7 Å². The van der Waals surface area contributed by atoms with E-state index in [1.807, 2.05) is 34.6 Å². The molecule has 55 heavy (non-hydrogen) atoms. The average molecular weight is 794 g/mol. The van der Waals surface area contributed by atoms with E-state index in [0.29, 0.717) is 56.5 Å². The molecule has 0 radical (unpaired) electrons. The molecular weight excluding hydrogens is 746 g/mol. The lowest BCUT2D eigenvalue weighted by Crippen LogP contribution is -2.59. The molecule has 3 aliphatic carbocycles. The van der Waals surface area contributed by atoms with E-state index in [-0.39, 0.29) is 36.1 Å². The zero-order chi connectivity index (χ0) is 39.4. The Balaban J connectivity index is 1.19. The van der Waals surface area contributed by atoms with E-state index in [4.69, 9.17) is 30.8 Å². The molecular formula is C39H48ClN7O7S. The third-order valence-electron chi connectivity index (χ3n) is 11.0. The second kappa shape index (κ2) is 14.9. The molecule has 3 saturated carbocycles. The number of alkyl carbamates (subject to hydrolysis) is 1. The fraction of sp³-hybridized carbons (Fsp3) is 0.564. The van der Waals surface area contributed by atoms with Gasteiger partial charge in [-0.2, -0.15) is 0 Å². The van der Waals surface area contributed by atoms with E-state index in [9.17, 15) is 19.2 Å². The summed E-state index contributed by atoms with van der Waals surface area (Å²) in [4.78, 5) is 60.4. The number of methoxy groups -OCH3 is 1. The third-order valence-corrected chi connectivity index (χ3v) is 12.3. The molecule has 1 saturated heterocycles. The van der Waals surface area contributed by atoms with Crippen molar-refractivity contribution in [3.8, 4) is 22.2 Å². The summed E-state index contributed by atoms with van der Waals surface area (Å²) in [6.07, 6.45) is 4.22. The minimum atomic E-state index is -1.09. The van der Waals surface area contributed by atoms with Crippen LogP contribution < -0.4 is 25.4 Å². The Morgan fingerprint density at radius 1 is 1.09 bits per heavy atom. The number of nitrogens with one attached hydrogen (secondary N) is 3. The van der Waals surface area contributed by atoms with Crippen molar-refractivity contribution in [2.75, 3.05) is 19.0 Å². The van der Waals surface area contributed by atoms with Crippen LogP contribution in [0.5, 0.6) is 11.5 Å². The molecule has 4 fully saturated rings. The van der Waals surface area contributed by atoms with Gasteiger partial charge >= 0.3 is 6.09 Å². The molecule has 1 aliphatic heterocycles. The number of ether oxygens (including phenoxy) is 3. The largest absolute Gasteiger partial charge is 0.495 e. The molecule has 14 nitrogen and oxygen atoms in total. The second-order valence-electron chi connectivity index (χ2n) is 16.6. The van der Waals surface area contributed by atoms with Crippen LogP contribution >= 0.6 is 22.9 Å². The molecule has 3 amide bonds. The number of benzene rings is 1. The Hall–Kier alpha value is -4.50. The summed E-state index contributed by atoms with van der Waals surface area (Å²) in [5, 5.41) is 19.6. The Labute approximate surface area is 329 Å². The molecule has 0 spiro atoms. The van der Waals surface area contributed by atoms with Gasteiger partial charge in [0.15, 0.2) is 5.01 Å².